The van der Waals surface area contributed by atoms with E-state index in [9.17, 15) is 0 Å². The van der Waals surface area contributed by atoms with Crippen molar-refractivity contribution in [3.05, 3.63) is 45.4 Å². The van der Waals surface area contributed by atoms with E-state index in [-0.39, 0.29) is 6.04 Å². The van der Waals surface area contributed by atoms with Crippen LogP contribution in [-0.4, -0.2) is 0 Å². The summed E-state index contributed by atoms with van der Waals surface area (Å²) in [7, 11) is 0. The molecule has 0 aliphatic heterocycles. The summed E-state index contributed by atoms with van der Waals surface area (Å²) in [6.07, 6.45) is 0. The van der Waals surface area contributed by atoms with Crippen molar-refractivity contribution in [2.75, 3.05) is 0 Å². The van der Waals surface area contributed by atoms with Crippen LogP contribution >= 0.6 is 15.9 Å². The van der Waals surface area contributed by atoms with Crippen LogP contribution in [0.1, 0.15) is 29.7 Å². The molecule has 1 aromatic carbocycles. The van der Waals surface area contributed by atoms with Crippen molar-refractivity contribution in [1.82, 2.24) is 5.43 Å². The van der Waals surface area contributed by atoms with E-state index in [1.807, 2.05) is 6.92 Å². The van der Waals surface area contributed by atoms with E-state index in [1.54, 1.807) is 0 Å². The normalized spacial score (nSPS) is 12.6. The van der Waals surface area contributed by atoms with Gasteiger partial charge in [-0.05, 0) is 37.5 Å². The molecule has 0 aromatic heterocycles. The highest BCUT2D eigenvalue weighted by Gasteiger charge is 2.12. The second kappa shape index (κ2) is 4.92. The molecule has 2 nitrogen and oxygen atoms in total. The van der Waals surface area contributed by atoms with Gasteiger partial charge in [-0.1, -0.05) is 40.2 Å². The Hall–Kier alpha value is -0.640. The van der Waals surface area contributed by atoms with Gasteiger partial charge in [0.1, 0.15) is 0 Å². The van der Waals surface area contributed by atoms with Crippen LogP contribution < -0.4 is 11.3 Å². The van der Waals surface area contributed by atoms with Crippen LogP contribution in [0.2, 0.25) is 0 Å². The summed E-state index contributed by atoms with van der Waals surface area (Å²) in [6.45, 7) is 10.1. The minimum Gasteiger partial charge on any atom is -0.271 e. The summed E-state index contributed by atoms with van der Waals surface area (Å²) in [5.41, 5.74) is 7.37. The molecule has 3 N–H and O–H groups in total. The Balaban J connectivity index is 3.20. The molecule has 3 heteroatoms. The summed E-state index contributed by atoms with van der Waals surface area (Å²) < 4.78 is 1.16. The molecule has 0 radical (unpaired) electrons. The number of hydrazine groups is 1. The first kappa shape index (κ1) is 12.4. The molecule has 1 aromatic rings. The fourth-order valence-electron chi connectivity index (χ4n) is 1.67. The minimum absolute atomic E-state index is 0.0236. The molecule has 15 heavy (non-hydrogen) atoms. The highest BCUT2D eigenvalue weighted by Crippen LogP contribution is 2.27. The largest absolute Gasteiger partial charge is 0.271 e. The van der Waals surface area contributed by atoms with Gasteiger partial charge in [0.15, 0.2) is 0 Å². The van der Waals surface area contributed by atoms with E-state index in [0.29, 0.717) is 0 Å². The number of benzene rings is 1. The monoisotopic (exact) mass is 268 g/mol. The van der Waals surface area contributed by atoms with Gasteiger partial charge in [-0.25, -0.2) is 5.43 Å². The average molecular weight is 269 g/mol. The predicted octanol–water partition coefficient (Wildman–Crippen LogP) is 3.15. The second-order valence-electron chi connectivity index (χ2n) is 3.91. The smallest absolute Gasteiger partial charge is 0.0664 e. The van der Waals surface area contributed by atoms with Crippen LogP contribution in [0, 0.1) is 13.8 Å². The predicted molar refractivity (Wildman–Crippen MR) is 68.5 cm³/mol. The van der Waals surface area contributed by atoms with Gasteiger partial charge in [-0.3, -0.25) is 5.84 Å². The third kappa shape index (κ3) is 2.68. The maximum absolute atomic E-state index is 5.52. The summed E-state index contributed by atoms with van der Waals surface area (Å²) in [6, 6.07) is 4.27. The molecule has 0 aliphatic rings. The lowest BCUT2D eigenvalue weighted by Crippen LogP contribution is -2.28. The molecule has 0 fully saturated rings. The van der Waals surface area contributed by atoms with E-state index in [2.05, 4.69) is 53.9 Å². The van der Waals surface area contributed by atoms with Crippen molar-refractivity contribution < 1.29 is 0 Å². The molecule has 0 spiro atoms. The van der Waals surface area contributed by atoms with E-state index in [0.717, 1.165) is 15.6 Å². The Kier molecular flexibility index (Phi) is 4.08. The van der Waals surface area contributed by atoms with Crippen molar-refractivity contribution in [1.29, 1.82) is 0 Å². The van der Waals surface area contributed by atoms with Crippen molar-refractivity contribution in [2.45, 2.75) is 26.8 Å². The number of nitrogens with one attached hydrogen (secondary N) is 1. The van der Waals surface area contributed by atoms with Gasteiger partial charge in [0, 0.05) is 4.47 Å². The van der Waals surface area contributed by atoms with Crippen LogP contribution in [0.25, 0.3) is 0 Å². The minimum atomic E-state index is 0.0236. The fourth-order valence-corrected chi connectivity index (χ4v) is 1.90. The Morgan fingerprint density at radius 2 is 1.87 bits per heavy atom. The molecule has 1 rings (SSSR count). The average Bonchev–Trinajstić information content (AvgIpc) is 2.14. The molecule has 0 amide bonds. The van der Waals surface area contributed by atoms with Crippen molar-refractivity contribution >= 4 is 15.9 Å². The summed E-state index contributed by atoms with van der Waals surface area (Å²) in [5, 5.41) is 0. The number of hydrogen-bond donors (Lipinski definition) is 2. The Labute approximate surface area is 99.7 Å². The van der Waals surface area contributed by atoms with Gasteiger partial charge < -0.3 is 0 Å². The fraction of sp³-hybridized carbons (Fsp3) is 0.333. The molecule has 0 saturated heterocycles. The van der Waals surface area contributed by atoms with Crippen LogP contribution in [0.15, 0.2) is 28.8 Å². The third-order valence-electron chi connectivity index (χ3n) is 2.45. The molecule has 1 atom stereocenters. The first-order valence-corrected chi connectivity index (χ1v) is 5.64. The number of hydrogen-bond acceptors (Lipinski definition) is 2. The second-order valence-corrected chi connectivity index (χ2v) is 4.71. The van der Waals surface area contributed by atoms with Gasteiger partial charge in [0.25, 0.3) is 0 Å². The summed E-state index contributed by atoms with van der Waals surface area (Å²) in [4.78, 5) is 0. The van der Waals surface area contributed by atoms with Crippen molar-refractivity contribution in [3.63, 3.8) is 0 Å². The lowest BCUT2D eigenvalue weighted by Gasteiger charge is -2.18. The van der Waals surface area contributed by atoms with Crippen LogP contribution in [0.3, 0.4) is 0 Å². The molecule has 1 unspecified atom stereocenters. The topological polar surface area (TPSA) is 38.0 Å². The molecular formula is C12H17BrN2. The summed E-state index contributed by atoms with van der Waals surface area (Å²) in [5.74, 6) is 5.52. The number of nitrogens with two attached hydrogens (primary N) is 1. The summed E-state index contributed by atoms with van der Waals surface area (Å²) >= 11 is 3.55. The first-order chi connectivity index (χ1) is 6.97. The third-order valence-corrected chi connectivity index (χ3v) is 3.70. The zero-order valence-corrected chi connectivity index (χ0v) is 11.0. The maximum atomic E-state index is 5.52. The molecule has 0 heterocycles. The lowest BCUT2D eigenvalue weighted by molar-refractivity contribution is 0.626. The van der Waals surface area contributed by atoms with Gasteiger partial charge in [-0.2, -0.15) is 0 Å². The molecule has 0 aliphatic carbocycles. The highest BCUT2D eigenvalue weighted by atomic mass is 79.9. The van der Waals surface area contributed by atoms with Gasteiger partial charge in [-0.15, -0.1) is 0 Å². The van der Waals surface area contributed by atoms with Gasteiger partial charge in [0.05, 0.1) is 6.04 Å². The number of rotatable bonds is 3. The van der Waals surface area contributed by atoms with E-state index < -0.39 is 0 Å². The molecule has 82 valence electrons. The highest BCUT2D eigenvalue weighted by molar-refractivity contribution is 9.10. The Morgan fingerprint density at radius 3 is 2.20 bits per heavy atom. The Bertz CT molecular complexity index is 362. The SMILES string of the molecule is C=C(C)C(NN)c1cc(C)c(Br)c(C)c1. The van der Waals surface area contributed by atoms with E-state index >= 15 is 0 Å². The van der Waals surface area contributed by atoms with Gasteiger partial charge >= 0.3 is 0 Å². The molecule has 0 bridgehead atoms. The van der Waals surface area contributed by atoms with Crippen LogP contribution in [0.5, 0.6) is 0 Å². The Morgan fingerprint density at radius 1 is 1.40 bits per heavy atom. The number of halogens is 1. The van der Waals surface area contributed by atoms with E-state index in [1.165, 1.54) is 11.1 Å². The number of aryl methyl sites for hydroxylation is 2. The maximum Gasteiger partial charge on any atom is 0.0664 e. The van der Waals surface area contributed by atoms with Crippen LogP contribution in [-0.2, 0) is 0 Å². The van der Waals surface area contributed by atoms with Crippen LogP contribution in [0.4, 0.5) is 0 Å². The zero-order chi connectivity index (χ0) is 11.6. The standard InChI is InChI=1S/C12H17BrN2/c1-7(2)12(15-14)10-5-8(3)11(13)9(4)6-10/h5-6,12,15H,1,14H2,2-4H3. The van der Waals surface area contributed by atoms with Crippen molar-refractivity contribution in [3.8, 4) is 0 Å². The van der Waals surface area contributed by atoms with E-state index in [4.69, 9.17) is 5.84 Å². The zero-order valence-electron chi connectivity index (χ0n) is 9.39. The molecule has 0 saturated carbocycles. The first-order valence-electron chi connectivity index (χ1n) is 4.85. The molecular weight excluding hydrogens is 252 g/mol. The van der Waals surface area contributed by atoms with Gasteiger partial charge in [0.2, 0.25) is 0 Å². The lowest BCUT2D eigenvalue weighted by atomic mass is 9.98. The van der Waals surface area contributed by atoms with Crippen molar-refractivity contribution in [2.24, 2.45) is 5.84 Å². The quantitative estimate of drug-likeness (QED) is 0.502.